The van der Waals surface area contributed by atoms with Crippen molar-refractivity contribution in [3.05, 3.63) is 34.6 Å². The first-order valence-corrected chi connectivity index (χ1v) is 7.04. The van der Waals surface area contributed by atoms with Gasteiger partial charge in [0.2, 0.25) is 0 Å². The summed E-state index contributed by atoms with van der Waals surface area (Å²) in [6, 6.07) is 5.60. The highest BCUT2D eigenvalue weighted by Gasteiger charge is 2.38. The topological polar surface area (TPSA) is 15.3 Å². The molecule has 1 aliphatic carbocycles. The Bertz CT molecular complexity index is 434. The van der Waals surface area contributed by atoms with Gasteiger partial charge in [-0.05, 0) is 24.8 Å². The van der Waals surface area contributed by atoms with Crippen molar-refractivity contribution < 1.29 is 4.39 Å². The van der Waals surface area contributed by atoms with Crippen molar-refractivity contribution in [3.63, 3.8) is 0 Å². The summed E-state index contributed by atoms with van der Waals surface area (Å²) >= 11 is 5.92. The summed E-state index contributed by atoms with van der Waals surface area (Å²) in [4.78, 5) is 2.41. The molecule has 0 spiro atoms. The predicted octanol–water partition coefficient (Wildman–Crippen LogP) is 3.68. The Balaban J connectivity index is 0.000001000. The molecule has 20 heavy (non-hydrogen) atoms. The van der Waals surface area contributed by atoms with Gasteiger partial charge < -0.3 is 5.32 Å². The molecule has 6 heteroatoms. The third-order valence-corrected chi connectivity index (χ3v) is 4.21. The van der Waals surface area contributed by atoms with Crippen LogP contribution < -0.4 is 5.32 Å². The zero-order chi connectivity index (χ0) is 12.5. The molecule has 0 bridgehead atoms. The maximum Gasteiger partial charge on any atom is 0.146 e. The summed E-state index contributed by atoms with van der Waals surface area (Å²) in [6.07, 6.45) is 2.42. The Morgan fingerprint density at radius 1 is 1.20 bits per heavy atom. The van der Waals surface area contributed by atoms with Gasteiger partial charge in [-0.3, -0.25) is 4.90 Å². The summed E-state index contributed by atoms with van der Waals surface area (Å²) in [7, 11) is 0. The second-order valence-corrected chi connectivity index (χ2v) is 5.62. The third-order valence-electron chi connectivity index (χ3n) is 3.91. The van der Waals surface area contributed by atoms with E-state index < -0.39 is 0 Å². The summed E-state index contributed by atoms with van der Waals surface area (Å²) in [6.45, 7) is 3.97. The molecule has 2 aliphatic rings. The van der Waals surface area contributed by atoms with E-state index in [4.69, 9.17) is 11.6 Å². The van der Waals surface area contributed by atoms with Crippen molar-refractivity contribution in [3.8, 4) is 0 Å². The van der Waals surface area contributed by atoms with Crippen LogP contribution in [0, 0.1) is 11.7 Å². The number of nitrogens with zero attached hydrogens (tertiary/aromatic N) is 1. The van der Waals surface area contributed by atoms with Gasteiger partial charge in [0.15, 0.2) is 0 Å². The van der Waals surface area contributed by atoms with E-state index in [2.05, 4.69) is 10.2 Å². The average molecular weight is 342 g/mol. The molecule has 1 N–H and O–H groups in total. The first-order valence-electron chi connectivity index (χ1n) is 6.66. The molecule has 0 unspecified atom stereocenters. The molecule has 0 aromatic heterocycles. The molecular weight excluding hydrogens is 322 g/mol. The number of hydrogen-bond acceptors (Lipinski definition) is 2. The lowest BCUT2D eigenvalue weighted by Crippen LogP contribution is -2.45. The highest BCUT2D eigenvalue weighted by molar-refractivity contribution is 6.30. The van der Waals surface area contributed by atoms with E-state index in [-0.39, 0.29) is 41.7 Å². The lowest BCUT2D eigenvalue weighted by atomic mass is 9.99. The molecule has 0 amide bonds. The smallest absolute Gasteiger partial charge is 0.146 e. The standard InChI is InChI=1S/C14H18ClFN2.2ClH/c15-12-3-1-2-11(13(12)16)14(10-4-5-10)18-8-6-17-7-9-18;;/h1-3,10,14,17H,4-9H2;2*1H/t14-;;/m1../s1. The molecule has 1 atom stereocenters. The van der Waals surface area contributed by atoms with E-state index in [0.717, 1.165) is 31.7 Å². The summed E-state index contributed by atoms with van der Waals surface area (Å²) in [5.41, 5.74) is 0.784. The Morgan fingerprint density at radius 2 is 1.85 bits per heavy atom. The minimum Gasteiger partial charge on any atom is -0.314 e. The Hall–Kier alpha value is -0.0600. The maximum absolute atomic E-state index is 14.2. The van der Waals surface area contributed by atoms with Crippen LogP contribution in [0.2, 0.25) is 5.02 Å². The molecule has 114 valence electrons. The van der Waals surface area contributed by atoms with Crippen molar-refractivity contribution >= 4 is 36.4 Å². The van der Waals surface area contributed by atoms with Gasteiger partial charge >= 0.3 is 0 Å². The van der Waals surface area contributed by atoms with Crippen LogP contribution in [0.15, 0.2) is 18.2 Å². The first-order chi connectivity index (χ1) is 8.77. The normalized spacial score (nSPS) is 20.7. The summed E-state index contributed by atoms with van der Waals surface area (Å²) < 4.78 is 14.2. The Morgan fingerprint density at radius 3 is 2.45 bits per heavy atom. The highest BCUT2D eigenvalue weighted by Crippen LogP contribution is 2.45. The van der Waals surface area contributed by atoms with Crippen LogP contribution in [0.3, 0.4) is 0 Å². The van der Waals surface area contributed by atoms with Crippen molar-refractivity contribution in [2.24, 2.45) is 5.92 Å². The van der Waals surface area contributed by atoms with Gasteiger partial charge in [-0.25, -0.2) is 4.39 Å². The maximum atomic E-state index is 14.2. The fraction of sp³-hybridized carbons (Fsp3) is 0.571. The second-order valence-electron chi connectivity index (χ2n) is 5.21. The largest absolute Gasteiger partial charge is 0.314 e. The summed E-state index contributed by atoms with van der Waals surface area (Å²) in [5, 5.41) is 3.59. The molecule has 2 fully saturated rings. The van der Waals surface area contributed by atoms with Crippen molar-refractivity contribution in [1.29, 1.82) is 0 Å². The van der Waals surface area contributed by atoms with Crippen LogP contribution >= 0.6 is 36.4 Å². The Kier molecular flexibility index (Phi) is 7.02. The molecule has 3 rings (SSSR count). The zero-order valence-electron chi connectivity index (χ0n) is 11.1. The van der Waals surface area contributed by atoms with E-state index in [1.54, 1.807) is 6.07 Å². The third kappa shape index (κ3) is 3.77. The number of nitrogens with one attached hydrogen (secondary N) is 1. The molecule has 1 aromatic carbocycles. The van der Waals surface area contributed by atoms with Gasteiger partial charge in [-0.15, -0.1) is 24.8 Å². The molecule has 2 nitrogen and oxygen atoms in total. The average Bonchev–Trinajstić information content (AvgIpc) is 3.21. The monoisotopic (exact) mass is 340 g/mol. The molecule has 1 heterocycles. The number of rotatable bonds is 3. The minimum absolute atomic E-state index is 0. The van der Waals surface area contributed by atoms with Gasteiger partial charge in [-0.1, -0.05) is 23.7 Å². The number of piperazine rings is 1. The van der Waals surface area contributed by atoms with Crippen molar-refractivity contribution in [2.45, 2.75) is 18.9 Å². The number of benzene rings is 1. The van der Waals surface area contributed by atoms with Gasteiger partial charge in [0, 0.05) is 37.8 Å². The molecule has 1 aromatic rings. The van der Waals surface area contributed by atoms with Gasteiger partial charge in [0.1, 0.15) is 5.82 Å². The van der Waals surface area contributed by atoms with Gasteiger partial charge in [0.05, 0.1) is 5.02 Å². The SMILES string of the molecule is Cl.Cl.Fc1c(Cl)cccc1[C@@H](C1CC1)N1CCNCC1. The predicted molar refractivity (Wildman–Crippen MR) is 85.8 cm³/mol. The molecular formula is C14H20Cl3FN2. The lowest BCUT2D eigenvalue weighted by molar-refractivity contribution is 0.153. The van der Waals surface area contributed by atoms with Crippen LogP contribution in [-0.2, 0) is 0 Å². The van der Waals surface area contributed by atoms with Crippen LogP contribution in [-0.4, -0.2) is 31.1 Å². The molecule has 0 radical (unpaired) electrons. The fourth-order valence-corrected chi connectivity index (χ4v) is 3.05. The molecule has 1 aliphatic heterocycles. The van der Waals surface area contributed by atoms with Crippen LogP contribution in [0.4, 0.5) is 4.39 Å². The Labute approximate surface area is 136 Å². The van der Waals surface area contributed by atoms with Gasteiger partial charge in [0.25, 0.3) is 0 Å². The summed E-state index contributed by atoms with van der Waals surface area (Å²) in [5.74, 6) is 0.380. The molecule has 1 saturated carbocycles. The van der Waals surface area contributed by atoms with E-state index in [1.165, 1.54) is 12.8 Å². The highest BCUT2D eigenvalue weighted by atomic mass is 35.5. The van der Waals surface area contributed by atoms with E-state index in [1.807, 2.05) is 12.1 Å². The first kappa shape index (κ1) is 18.0. The van der Waals surface area contributed by atoms with E-state index in [9.17, 15) is 4.39 Å². The van der Waals surface area contributed by atoms with E-state index >= 15 is 0 Å². The van der Waals surface area contributed by atoms with Crippen LogP contribution in [0.25, 0.3) is 0 Å². The van der Waals surface area contributed by atoms with Gasteiger partial charge in [-0.2, -0.15) is 0 Å². The number of hydrogen-bond donors (Lipinski definition) is 1. The second kappa shape index (κ2) is 7.81. The number of halogens is 4. The zero-order valence-corrected chi connectivity index (χ0v) is 13.5. The van der Waals surface area contributed by atoms with Crippen LogP contribution in [0.1, 0.15) is 24.4 Å². The molecule has 1 saturated heterocycles. The van der Waals surface area contributed by atoms with Crippen LogP contribution in [0.5, 0.6) is 0 Å². The van der Waals surface area contributed by atoms with Crippen molar-refractivity contribution in [2.75, 3.05) is 26.2 Å². The quantitative estimate of drug-likeness (QED) is 0.902. The lowest BCUT2D eigenvalue weighted by Gasteiger charge is -2.35. The van der Waals surface area contributed by atoms with Crippen molar-refractivity contribution in [1.82, 2.24) is 10.2 Å². The van der Waals surface area contributed by atoms with E-state index in [0.29, 0.717) is 5.92 Å². The minimum atomic E-state index is -0.227. The fourth-order valence-electron chi connectivity index (χ4n) is 2.87.